The van der Waals surface area contributed by atoms with Crippen LogP contribution in [0.1, 0.15) is 46.0 Å². The molecule has 3 aliphatic heterocycles. The molecule has 3 aliphatic rings. The molecule has 3 N–H and O–H groups in total. The second-order valence-electron chi connectivity index (χ2n) is 12.9. The van der Waals surface area contributed by atoms with Crippen molar-refractivity contribution in [2.75, 3.05) is 6.61 Å². The summed E-state index contributed by atoms with van der Waals surface area (Å²) < 4.78 is 286. The van der Waals surface area contributed by atoms with Gasteiger partial charge in [0, 0.05) is 0 Å². The zero-order chi connectivity index (χ0) is 46.7. The lowest BCUT2D eigenvalue weighted by atomic mass is 9.80. The smallest absolute Gasteiger partial charge is 0.462 e. The fourth-order valence-electron chi connectivity index (χ4n) is 5.38. The minimum atomic E-state index is -6.82. The molecule has 3 fully saturated rings. The van der Waals surface area contributed by atoms with Gasteiger partial charge in [-0.1, -0.05) is 12.4 Å². The standard InChI is InChI=1S/C21H26F9N3O21S6/c1-17(12(8-49-16(17)36)53-59(45,46)32-56(39,40)20(25,26)27)5-4-10-14(54-60(47,48)33-57(41,42)21(28,29)30)9(15(35)50-10)3-6-18(2)11(7-13(34)51-18)52-58(43,44)31-55(37,38)19(22,23)24/h9-12,14,31-33H,3-8H2,1-2H3. The number of hydrogen-bond acceptors (Lipinski definition) is 21. The van der Waals surface area contributed by atoms with Crippen LogP contribution < -0.4 is 12.4 Å². The predicted molar refractivity (Wildman–Crippen MR) is 166 cm³/mol. The molecule has 60 heavy (non-hydrogen) atoms. The first-order valence-electron chi connectivity index (χ1n) is 15.2. The number of rotatable bonds is 18. The third-order valence-electron chi connectivity index (χ3n) is 8.43. The fraction of sp³-hybridized carbons (Fsp3) is 0.857. The lowest BCUT2D eigenvalue weighted by Crippen LogP contribution is -2.47. The van der Waals surface area contributed by atoms with E-state index in [1.807, 2.05) is 0 Å². The van der Waals surface area contributed by atoms with Gasteiger partial charge in [-0.2, -0.15) is 64.8 Å². The molecule has 39 heteroatoms. The Morgan fingerprint density at radius 1 is 0.633 bits per heavy atom. The topological polar surface area (TPSA) is 348 Å². The summed E-state index contributed by atoms with van der Waals surface area (Å²) in [7, 11) is -38.3. The molecule has 7 atom stereocenters. The minimum Gasteiger partial charge on any atom is -0.462 e. The molecule has 0 bridgehead atoms. The Kier molecular flexibility index (Phi) is 14.1. The van der Waals surface area contributed by atoms with E-state index >= 15 is 0 Å². The van der Waals surface area contributed by atoms with E-state index in [4.69, 9.17) is 9.47 Å². The van der Waals surface area contributed by atoms with E-state index in [9.17, 15) is 104 Å². The van der Waals surface area contributed by atoms with E-state index in [0.29, 0.717) is 0 Å². The Balaban J connectivity index is 1.94. The molecule has 0 amide bonds. The average Bonchev–Trinajstić information content (AvgIpc) is 3.55. The molecule has 0 saturated carbocycles. The van der Waals surface area contributed by atoms with Gasteiger partial charge in [0.25, 0.3) is 0 Å². The number of carbonyl (C=O) groups excluding carboxylic acids is 3. The van der Waals surface area contributed by atoms with Crippen LogP contribution in [0, 0.1) is 11.3 Å². The number of halogens is 9. The van der Waals surface area contributed by atoms with Gasteiger partial charge in [-0.15, -0.1) is 0 Å². The molecule has 0 aromatic rings. The number of esters is 3. The minimum absolute atomic E-state index is 0.143. The number of carbonyl (C=O) groups is 3. The quantitative estimate of drug-likeness (QED) is 0.0804. The maximum atomic E-state index is 13.1. The van der Waals surface area contributed by atoms with E-state index in [1.165, 1.54) is 0 Å². The van der Waals surface area contributed by atoms with Crippen LogP contribution in [0.2, 0.25) is 0 Å². The maximum Gasteiger partial charge on any atom is 0.512 e. The Labute approximate surface area is 332 Å². The Morgan fingerprint density at radius 3 is 1.48 bits per heavy atom. The van der Waals surface area contributed by atoms with Crippen LogP contribution in [0.25, 0.3) is 0 Å². The first kappa shape index (κ1) is 51.6. The van der Waals surface area contributed by atoms with Crippen molar-refractivity contribution in [3.63, 3.8) is 0 Å². The molecule has 3 saturated heterocycles. The van der Waals surface area contributed by atoms with Crippen LogP contribution >= 0.6 is 0 Å². The van der Waals surface area contributed by atoms with Gasteiger partial charge < -0.3 is 14.2 Å². The lowest BCUT2D eigenvalue weighted by molar-refractivity contribution is -0.150. The summed E-state index contributed by atoms with van der Waals surface area (Å²) in [6.45, 7) is 0.432. The van der Waals surface area contributed by atoms with Crippen LogP contribution in [0.4, 0.5) is 39.5 Å². The maximum absolute atomic E-state index is 13.1. The van der Waals surface area contributed by atoms with Crippen LogP contribution in [0.5, 0.6) is 0 Å². The molecule has 0 spiro atoms. The summed E-state index contributed by atoms with van der Waals surface area (Å²) in [5.74, 6) is -6.61. The van der Waals surface area contributed by atoms with Crippen LogP contribution in [0.15, 0.2) is 0 Å². The van der Waals surface area contributed by atoms with E-state index in [2.05, 4.69) is 17.3 Å². The summed E-state index contributed by atoms with van der Waals surface area (Å²) in [4.78, 5) is 37.9. The monoisotopic (exact) mass is 1020 g/mol. The molecule has 350 valence electrons. The third-order valence-corrected chi connectivity index (χ3v) is 16.8. The van der Waals surface area contributed by atoms with Crippen LogP contribution in [-0.4, -0.2) is 122 Å². The number of sulfonamides is 3. The van der Waals surface area contributed by atoms with Crippen LogP contribution in [-0.2, 0) is 102 Å². The van der Waals surface area contributed by atoms with E-state index in [1.54, 1.807) is 0 Å². The highest BCUT2D eigenvalue weighted by atomic mass is 32.3. The fourth-order valence-corrected chi connectivity index (χ4v) is 11.9. The molecule has 3 heterocycles. The van der Waals surface area contributed by atoms with Gasteiger partial charge >= 0.3 is 95.4 Å². The van der Waals surface area contributed by atoms with Crippen molar-refractivity contribution in [1.29, 1.82) is 0 Å². The number of nitrogens with one attached hydrogen (secondary N) is 3. The van der Waals surface area contributed by atoms with Gasteiger partial charge in [0.2, 0.25) is 0 Å². The van der Waals surface area contributed by atoms with Gasteiger partial charge in [-0.05, 0) is 39.5 Å². The van der Waals surface area contributed by atoms with Gasteiger partial charge in [0.05, 0.1) is 17.8 Å². The zero-order valence-corrected chi connectivity index (χ0v) is 34.0. The Hall–Kier alpha value is -2.76. The lowest BCUT2D eigenvalue weighted by Gasteiger charge is -2.30. The molecule has 0 aliphatic carbocycles. The Morgan fingerprint density at radius 2 is 1.05 bits per heavy atom. The van der Waals surface area contributed by atoms with E-state index < -0.39 is 175 Å². The van der Waals surface area contributed by atoms with Crippen LogP contribution in [0.3, 0.4) is 0 Å². The SMILES string of the molecule is CC1(CCC2C(=O)OC(CCC3(C)C(=O)OCC3OS(=O)(=O)NS(=O)(=O)C(F)(F)F)C2OS(=O)(=O)NS(=O)(=O)C(F)(F)F)OC(=O)CC1OS(=O)(=O)NS(=O)(=O)C(F)(F)F. The van der Waals surface area contributed by atoms with Crippen molar-refractivity contribution in [2.45, 2.75) is 92.5 Å². The number of hydrogen-bond donors (Lipinski definition) is 3. The highest BCUT2D eigenvalue weighted by molar-refractivity contribution is 8.04. The number of cyclic esters (lactones) is 3. The van der Waals surface area contributed by atoms with Crippen molar-refractivity contribution in [2.24, 2.45) is 11.3 Å². The predicted octanol–water partition coefficient (Wildman–Crippen LogP) is -1.44. The van der Waals surface area contributed by atoms with Crippen molar-refractivity contribution >= 4 is 78.9 Å². The van der Waals surface area contributed by atoms with Gasteiger partial charge in [0.1, 0.15) is 36.6 Å². The highest BCUT2D eigenvalue weighted by Crippen LogP contribution is 2.43. The number of ether oxygens (including phenoxy) is 3. The molecule has 0 aromatic carbocycles. The van der Waals surface area contributed by atoms with Gasteiger partial charge in [-0.25, -0.2) is 37.8 Å². The summed E-state index contributed by atoms with van der Waals surface area (Å²) in [5.41, 5.74) is -23.6. The van der Waals surface area contributed by atoms with Crippen molar-refractivity contribution < 1.29 is 131 Å². The second-order valence-corrected chi connectivity index (χ2v) is 22.6. The molecule has 7 unspecified atom stereocenters. The van der Waals surface area contributed by atoms with Crippen molar-refractivity contribution in [3.05, 3.63) is 0 Å². The first-order valence-corrected chi connectivity index (χ1v) is 23.8. The normalized spacial score (nSPS) is 29.1. The molecule has 0 radical (unpaired) electrons. The molecule has 0 aromatic heterocycles. The van der Waals surface area contributed by atoms with Crippen molar-refractivity contribution in [3.8, 4) is 0 Å². The van der Waals surface area contributed by atoms with Crippen molar-refractivity contribution in [1.82, 2.24) is 12.4 Å². The van der Waals surface area contributed by atoms with E-state index in [-0.39, 0.29) is 12.4 Å². The van der Waals surface area contributed by atoms with Gasteiger partial charge in [-0.3, -0.25) is 14.4 Å². The third kappa shape index (κ3) is 11.8. The zero-order valence-electron chi connectivity index (χ0n) is 29.1. The molecule has 3 rings (SSSR count). The summed E-state index contributed by atoms with van der Waals surface area (Å²) in [6, 6.07) is 0. The largest absolute Gasteiger partial charge is 0.512 e. The van der Waals surface area contributed by atoms with Gasteiger partial charge in [0.15, 0.2) is 0 Å². The number of alkyl halides is 9. The molecular weight excluding hydrogens is 994 g/mol. The highest BCUT2D eigenvalue weighted by Gasteiger charge is 2.58. The Bertz CT molecular complexity index is 2410. The molecular formula is C21H26F9N3O21S6. The summed E-state index contributed by atoms with van der Waals surface area (Å²) in [6.07, 6.45) is -14.3. The molecule has 24 nitrogen and oxygen atoms in total. The average molecular weight is 1020 g/mol. The summed E-state index contributed by atoms with van der Waals surface area (Å²) in [5, 5.41) is 0. The second kappa shape index (κ2) is 16.4. The summed E-state index contributed by atoms with van der Waals surface area (Å²) >= 11 is 0. The van der Waals surface area contributed by atoms with E-state index in [0.717, 1.165) is 13.8 Å². The first-order chi connectivity index (χ1) is 26.5.